The van der Waals surface area contributed by atoms with Crippen molar-refractivity contribution in [1.29, 1.82) is 0 Å². The molecule has 0 radical (unpaired) electrons. The number of unbranched alkanes of at least 4 members (excludes halogenated alkanes) is 4. The maximum Gasteiger partial charge on any atom is 0.267 e. The number of benzene rings is 1. The highest BCUT2D eigenvalue weighted by atomic mass is 16.5. The van der Waals surface area contributed by atoms with Gasteiger partial charge in [0.25, 0.3) is 5.91 Å². The Balaban J connectivity index is 2.80. The van der Waals surface area contributed by atoms with Crippen molar-refractivity contribution in [3.8, 4) is 11.5 Å². The van der Waals surface area contributed by atoms with Crippen LogP contribution in [0.5, 0.6) is 11.5 Å². The van der Waals surface area contributed by atoms with Crippen molar-refractivity contribution in [2.24, 2.45) is 0 Å². The highest BCUT2D eigenvalue weighted by Crippen LogP contribution is 2.28. The zero-order valence-electron chi connectivity index (χ0n) is 16.2. The highest BCUT2D eigenvalue weighted by molar-refractivity contribution is 6.00. The third-order valence-electron chi connectivity index (χ3n) is 3.84. The SMILES string of the molecule is CCCCCCCNC(=O)/C(=C/c1ccc(OC)c(OC)c1)NC(C)=O. The van der Waals surface area contributed by atoms with Crippen LogP contribution in [-0.2, 0) is 9.59 Å². The van der Waals surface area contributed by atoms with Crippen molar-refractivity contribution in [1.82, 2.24) is 10.6 Å². The quantitative estimate of drug-likeness (QED) is 0.468. The number of amides is 2. The Kier molecular flexibility index (Phi) is 9.90. The van der Waals surface area contributed by atoms with Crippen molar-refractivity contribution < 1.29 is 19.1 Å². The molecule has 0 saturated carbocycles. The lowest BCUT2D eigenvalue weighted by Crippen LogP contribution is -2.34. The second kappa shape index (κ2) is 12.0. The summed E-state index contributed by atoms with van der Waals surface area (Å²) in [5.74, 6) is 0.558. The van der Waals surface area contributed by atoms with Crippen LogP contribution in [0.25, 0.3) is 6.08 Å². The Morgan fingerprint density at radius 3 is 2.35 bits per heavy atom. The number of nitrogens with one attached hydrogen (secondary N) is 2. The fourth-order valence-corrected chi connectivity index (χ4v) is 2.48. The van der Waals surface area contributed by atoms with E-state index in [0.717, 1.165) is 18.4 Å². The Labute approximate surface area is 156 Å². The van der Waals surface area contributed by atoms with E-state index in [1.807, 2.05) is 0 Å². The van der Waals surface area contributed by atoms with Crippen LogP contribution in [0.1, 0.15) is 51.5 Å². The number of rotatable bonds is 11. The summed E-state index contributed by atoms with van der Waals surface area (Å²) in [4.78, 5) is 23.8. The zero-order chi connectivity index (χ0) is 19.4. The molecule has 0 aliphatic heterocycles. The molecule has 26 heavy (non-hydrogen) atoms. The summed E-state index contributed by atoms with van der Waals surface area (Å²) < 4.78 is 10.5. The van der Waals surface area contributed by atoms with E-state index in [-0.39, 0.29) is 17.5 Å². The highest BCUT2D eigenvalue weighted by Gasteiger charge is 2.12. The molecule has 2 N–H and O–H groups in total. The molecule has 0 fully saturated rings. The molecular formula is C20H30N2O4. The van der Waals surface area contributed by atoms with Gasteiger partial charge in [0.05, 0.1) is 14.2 Å². The second-order valence-electron chi connectivity index (χ2n) is 6.02. The predicted octanol–water partition coefficient (Wildman–Crippen LogP) is 3.27. The van der Waals surface area contributed by atoms with Gasteiger partial charge in [-0.1, -0.05) is 38.7 Å². The second-order valence-corrected chi connectivity index (χ2v) is 6.02. The normalized spacial score (nSPS) is 11.0. The van der Waals surface area contributed by atoms with Gasteiger partial charge in [-0.25, -0.2) is 0 Å². The van der Waals surface area contributed by atoms with Crippen LogP contribution in [0.4, 0.5) is 0 Å². The van der Waals surface area contributed by atoms with Crippen LogP contribution < -0.4 is 20.1 Å². The molecule has 1 rings (SSSR count). The molecule has 1 aromatic rings. The fourth-order valence-electron chi connectivity index (χ4n) is 2.48. The summed E-state index contributed by atoms with van der Waals surface area (Å²) in [6, 6.07) is 5.29. The average Bonchev–Trinajstić information content (AvgIpc) is 2.63. The van der Waals surface area contributed by atoms with Crippen molar-refractivity contribution in [2.75, 3.05) is 20.8 Å². The topological polar surface area (TPSA) is 76.7 Å². The van der Waals surface area contributed by atoms with Crippen LogP contribution in [0, 0.1) is 0 Å². The molecule has 0 aliphatic rings. The Bertz CT molecular complexity index is 626. The van der Waals surface area contributed by atoms with Crippen LogP contribution in [0.2, 0.25) is 0 Å². The molecule has 1 aromatic carbocycles. The van der Waals surface area contributed by atoms with Gasteiger partial charge in [0.1, 0.15) is 5.70 Å². The molecule has 6 nitrogen and oxygen atoms in total. The lowest BCUT2D eigenvalue weighted by Gasteiger charge is -2.11. The molecule has 0 saturated heterocycles. The average molecular weight is 362 g/mol. The smallest absolute Gasteiger partial charge is 0.267 e. The maximum atomic E-state index is 12.4. The largest absolute Gasteiger partial charge is 0.493 e. The lowest BCUT2D eigenvalue weighted by molar-refractivity contribution is -0.122. The van der Waals surface area contributed by atoms with E-state index in [0.29, 0.717) is 18.0 Å². The van der Waals surface area contributed by atoms with Gasteiger partial charge < -0.3 is 20.1 Å². The van der Waals surface area contributed by atoms with Gasteiger partial charge in [0.15, 0.2) is 11.5 Å². The Morgan fingerprint density at radius 2 is 1.73 bits per heavy atom. The van der Waals surface area contributed by atoms with Crippen molar-refractivity contribution >= 4 is 17.9 Å². The minimum absolute atomic E-state index is 0.207. The molecule has 0 unspecified atom stereocenters. The van der Waals surface area contributed by atoms with Crippen LogP contribution in [0.15, 0.2) is 23.9 Å². The third kappa shape index (κ3) is 7.59. The summed E-state index contributed by atoms with van der Waals surface area (Å²) in [7, 11) is 3.11. The first-order valence-electron chi connectivity index (χ1n) is 9.01. The van der Waals surface area contributed by atoms with Gasteiger partial charge in [-0.2, -0.15) is 0 Å². The van der Waals surface area contributed by atoms with Gasteiger partial charge in [-0.15, -0.1) is 0 Å². The van der Waals surface area contributed by atoms with Gasteiger partial charge in [-0.05, 0) is 30.2 Å². The first-order chi connectivity index (χ1) is 12.5. The predicted molar refractivity (Wildman–Crippen MR) is 103 cm³/mol. The number of carbonyl (C=O) groups excluding carboxylic acids is 2. The third-order valence-corrected chi connectivity index (χ3v) is 3.84. The van der Waals surface area contributed by atoms with E-state index in [4.69, 9.17) is 9.47 Å². The number of hydrogen-bond acceptors (Lipinski definition) is 4. The van der Waals surface area contributed by atoms with Crippen molar-refractivity contribution in [2.45, 2.75) is 46.0 Å². The zero-order valence-corrected chi connectivity index (χ0v) is 16.2. The van der Waals surface area contributed by atoms with Crippen LogP contribution >= 0.6 is 0 Å². The standard InChI is InChI=1S/C20H30N2O4/c1-5-6-7-8-9-12-21-20(24)17(22-15(2)23)13-16-10-11-18(25-3)19(14-16)26-4/h10-11,13-14H,5-9,12H2,1-4H3,(H,21,24)(H,22,23)/b17-13-. The molecule has 0 aliphatic carbocycles. The van der Waals surface area contributed by atoms with E-state index >= 15 is 0 Å². The maximum absolute atomic E-state index is 12.4. The van der Waals surface area contributed by atoms with Gasteiger partial charge >= 0.3 is 0 Å². The summed E-state index contributed by atoms with van der Waals surface area (Å²) in [6.07, 6.45) is 7.21. The van der Waals surface area contributed by atoms with Crippen molar-refractivity contribution in [3.63, 3.8) is 0 Å². The first kappa shape index (κ1) is 21.5. The number of hydrogen-bond donors (Lipinski definition) is 2. The van der Waals surface area contributed by atoms with Gasteiger partial charge in [0.2, 0.25) is 5.91 Å². The molecular weight excluding hydrogens is 332 g/mol. The van der Waals surface area contributed by atoms with E-state index < -0.39 is 0 Å². The van der Waals surface area contributed by atoms with Gasteiger partial charge in [-0.3, -0.25) is 9.59 Å². The minimum Gasteiger partial charge on any atom is -0.493 e. The molecule has 2 amide bonds. The monoisotopic (exact) mass is 362 g/mol. The molecule has 0 aromatic heterocycles. The molecule has 144 valence electrons. The fraction of sp³-hybridized carbons (Fsp3) is 0.500. The summed E-state index contributed by atoms with van der Waals surface area (Å²) in [6.45, 7) is 4.13. The van der Waals surface area contributed by atoms with E-state index in [1.165, 1.54) is 26.2 Å². The van der Waals surface area contributed by atoms with Gasteiger partial charge in [0, 0.05) is 13.5 Å². The number of methoxy groups -OCH3 is 2. The van der Waals surface area contributed by atoms with Crippen molar-refractivity contribution in [3.05, 3.63) is 29.5 Å². The summed E-state index contributed by atoms with van der Waals surface area (Å²) >= 11 is 0. The van der Waals surface area contributed by atoms with Crippen LogP contribution in [0.3, 0.4) is 0 Å². The van der Waals surface area contributed by atoms with E-state index in [1.54, 1.807) is 38.5 Å². The summed E-state index contributed by atoms with van der Waals surface area (Å²) in [5, 5.41) is 5.45. The summed E-state index contributed by atoms with van der Waals surface area (Å²) in [5.41, 5.74) is 0.933. The molecule has 0 spiro atoms. The number of ether oxygens (including phenoxy) is 2. The Hall–Kier alpha value is -2.50. The number of carbonyl (C=O) groups is 2. The molecule has 6 heteroatoms. The molecule has 0 bridgehead atoms. The first-order valence-corrected chi connectivity index (χ1v) is 9.01. The van der Waals surface area contributed by atoms with Crippen LogP contribution in [-0.4, -0.2) is 32.6 Å². The minimum atomic E-state index is -0.300. The van der Waals surface area contributed by atoms with E-state index in [2.05, 4.69) is 17.6 Å². The molecule has 0 heterocycles. The Morgan fingerprint density at radius 1 is 1.04 bits per heavy atom. The lowest BCUT2D eigenvalue weighted by atomic mass is 10.1. The molecule has 0 atom stereocenters. The van der Waals surface area contributed by atoms with E-state index in [9.17, 15) is 9.59 Å².